The number of piperazine rings is 1. The van der Waals surface area contributed by atoms with Gasteiger partial charge in [0, 0.05) is 55.0 Å². The highest BCUT2D eigenvalue weighted by Crippen LogP contribution is 2.34. The van der Waals surface area contributed by atoms with Crippen LogP contribution in [0, 0.1) is 0 Å². The Morgan fingerprint density at radius 3 is 2.42 bits per heavy atom. The fourth-order valence-corrected chi connectivity index (χ4v) is 5.35. The van der Waals surface area contributed by atoms with Crippen LogP contribution in [0.2, 0.25) is 0 Å². The summed E-state index contributed by atoms with van der Waals surface area (Å²) < 4.78 is 2.10. The lowest BCUT2D eigenvalue weighted by molar-refractivity contribution is 0.313. The van der Waals surface area contributed by atoms with Gasteiger partial charge >= 0.3 is 0 Å². The summed E-state index contributed by atoms with van der Waals surface area (Å²) in [6, 6.07) is 8.23. The minimum atomic E-state index is -0.275. The van der Waals surface area contributed by atoms with E-state index in [-0.39, 0.29) is 5.56 Å². The molecule has 0 spiro atoms. The summed E-state index contributed by atoms with van der Waals surface area (Å²) in [4.78, 5) is 26.9. The number of halogens is 3. The maximum atomic E-state index is 13.2. The van der Waals surface area contributed by atoms with Gasteiger partial charge in [-0.1, -0.05) is 43.1 Å². The molecular weight excluding hydrogens is 563 g/mol. The van der Waals surface area contributed by atoms with Gasteiger partial charge in [0.2, 0.25) is 5.95 Å². The first-order chi connectivity index (χ1) is 17.4. The van der Waals surface area contributed by atoms with Crippen LogP contribution < -0.4 is 15.8 Å². The molecule has 190 valence electrons. The van der Waals surface area contributed by atoms with Gasteiger partial charge in [0.05, 0.1) is 26.1 Å². The molecule has 5 rings (SSSR count). The number of likely N-dealkylation sites (N-methyl/N-ethyl adjacent to an activating group) is 1. The number of pyridine rings is 1. The molecule has 36 heavy (non-hydrogen) atoms. The van der Waals surface area contributed by atoms with Crippen LogP contribution in [0.25, 0.3) is 16.6 Å². The maximum absolute atomic E-state index is 13.2. The van der Waals surface area contributed by atoms with Crippen molar-refractivity contribution >= 4 is 73.1 Å². The molecule has 1 aliphatic heterocycles. The minimum Gasteiger partial charge on any atom is -0.369 e. The predicted molar refractivity (Wildman–Crippen MR) is 155 cm³/mol. The van der Waals surface area contributed by atoms with Gasteiger partial charge in [0.15, 0.2) is 0 Å². The van der Waals surface area contributed by atoms with Crippen molar-refractivity contribution in [2.24, 2.45) is 0 Å². The van der Waals surface area contributed by atoms with Crippen molar-refractivity contribution in [1.29, 1.82) is 0 Å². The zero-order valence-electron chi connectivity index (χ0n) is 20.6. The first-order valence-corrected chi connectivity index (χ1v) is 13.6. The van der Waals surface area contributed by atoms with Gasteiger partial charge in [-0.25, -0.2) is 9.97 Å². The van der Waals surface area contributed by atoms with Gasteiger partial charge in [-0.2, -0.15) is 0 Å². The molecule has 0 amide bonds. The fraction of sp³-hybridized carbons (Fsp3) is 0.346. The Bertz CT molecular complexity index is 1360. The number of rotatable bonds is 4. The summed E-state index contributed by atoms with van der Waals surface area (Å²) in [5.74, 6) is 0.408. The monoisotopic (exact) mass is 590 g/mol. The van der Waals surface area contributed by atoms with Crippen LogP contribution in [-0.4, -0.2) is 52.7 Å². The van der Waals surface area contributed by atoms with Crippen LogP contribution in [0.4, 0.5) is 17.3 Å². The number of hydrogen-bond donors (Lipinski definition) is 1. The Labute approximate surface area is 229 Å². The molecule has 1 fully saturated rings. The van der Waals surface area contributed by atoms with E-state index in [0.29, 0.717) is 43.5 Å². The number of allylic oxidation sites excluding steroid dienone is 4. The standard InChI is InChI=1S/C24H23BrCl2N6O.C2H6/c1-31-9-11-32(12-10-31)16-7-5-15(6-8-16)29-24-28-13-17-21(30-24)18(25)14-33(23(17)34)22-19(26)3-2-4-20(22)27;1-2/h3,5-8,13-14H,2,4,9-12H2,1H3,(H,28,29,30);1-2H3. The van der Waals surface area contributed by atoms with E-state index in [1.807, 2.05) is 32.1 Å². The molecule has 0 radical (unpaired) electrons. The lowest BCUT2D eigenvalue weighted by Crippen LogP contribution is -2.44. The third kappa shape index (κ3) is 5.62. The minimum absolute atomic E-state index is 0.275. The van der Waals surface area contributed by atoms with Crippen molar-refractivity contribution in [2.45, 2.75) is 26.7 Å². The van der Waals surface area contributed by atoms with Crippen LogP contribution in [0.1, 0.15) is 26.7 Å². The van der Waals surface area contributed by atoms with E-state index < -0.39 is 0 Å². The van der Waals surface area contributed by atoms with Crippen LogP contribution in [0.3, 0.4) is 0 Å². The van der Waals surface area contributed by atoms with E-state index >= 15 is 0 Å². The Kier molecular flexibility index (Phi) is 8.72. The van der Waals surface area contributed by atoms with Crippen LogP contribution in [0.15, 0.2) is 62.1 Å². The second kappa shape index (κ2) is 11.8. The molecule has 0 unspecified atom stereocenters. The fourth-order valence-electron chi connectivity index (χ4n) is 4.17. The number of nitrogens with one attached hydrogen (secondary N) is 1. The van der Waals surface area contributed by atoms with Gasteiger partial charge in [0.1, 0.15) is 0 Å². The molecule has 3 heterocycles. The first kappa shape index (κ1) is 26.7. The highest BCUT2D eigenvalue weighted by atomic mass is 79.9. The van der Waals surface area contributed by atoms with E-state index in [9.17, 15) is 4.79 Å². The lowest BCUT2D eigenvalue weighted by Gasteiger charge is -2.34. The van der Waals surface area contributed by atoms with Crippen molar-refractivity contribution in [1.82, 2.24) is 19.4 Å². The summed E-state index contributed by atoms with van der Waals surface area (Å²) in [6.07, 6.45) is 6.44. The molecule has 2 aliphatic rings. The highest BCUT2D eigenvalue weighted by Gasteiger charge is 2.20. The van der Waals surface area contributed by atoms with Crippen molar-refractivity contribution in [2.75, 3.05) is 43.4 Å². The Morgan fingerprint density at radius 2 is 1.75 bits per heavy atom. The zero-order valence-corrected chi connectivity index (χ0v) is 23.7. The van der Waals surface area contributed by atoms with Crippen molar-refractivity contribution in [3.8, 4) is 0 Å². The largest absolute Gasteiger partial charge is 0.369 e. The number of nitrogens with zero attached hydrogens (tertiary/aromatic N) is 5. The summed E-state index contributed by atoms with van der Waals surface area (Å²) in [7, 11) is 2.15. The quantitative estimate of drug-likeness (QED) is 0.379. The number of benzene rings is 1. The van der Waals surface area contributed by atoms with Gasteiger partial charge < -0.3 is 15.1 Å². The highest BCUT2D eigenvalue weighted by molar-refractivity contribution is 9.10. The van der Waals surface area contributed by atoms with Gasteiger partial charge in [0.25, 0.3) is 5.56 Å². The van der Waals surface area contributed by atoms with Crippen molar-refractivity contribution < 1.29 is 0 Å². The van der Waals surface area contributed by atoms with E-state index in [2.05, 4.69) is 60.2 Å². The average Bonchev–Trinajstić information content (AvgIpc) is 2.89. The Hall–Kier alpha value is -2.39. The predicted octanol–water partition coefficient (Wildman–Crippen LogP) is 6.40. The summed E-state index contributed by atoms with van der Waals surface area (Å²) in [6.45, 7) is 8.17. The van der Waals surface area contributed by atoms with E-state index in [1.54, 1.807) is 6.20 Å². The third-order valence-electron chi connectivity index (χ3n) is 6.11. The van der Waals surface area contributed by atoms with Gasteiger partial charge in [-0.05, 0) is 60.1 Å². The summed E-state index contributed by atoms with van der Waals surface area (Å²) in [5, 5.41) is 4.62. The molecule has 7 nitrogen and oxygen atoms in total. The number of anilines is 3. The molecule has 0 bridgehead atoms. The topological polar surface area (TPSA) is 66.3 Å². The van der Waals surface area contributed by atoms with Crippen molar-refractivity contribution in [3.05, 3.63) is 67.6 Å². The normalized spacial score (nSPS) is 16.5. The molecular formula is C26H29BrCl2N6O. The first-order valence-electron chi connectivity index (χ1n) is 12.0. The molecule has 1 aliphatic carbocycles. The summed E-state index contributed by atoms with van der Waals surface area (Å²) >= 11 is 16.3. The van der Waals surface area contributed by atoms with Crippen molar-refractivity contribution in [3.63, 3.8) is 0 Å². The SMILES string of the molecule is CC.CN1CCN(c2ccc(Nc3ncc4c(=O)n(C5=C(Cl)CCC=C5Cl)cc(Br)c4n3)cc2)CC1. The van der Waals surface area contributed by atoms with Gasteiger partial charge in [-0.15, -0.1) is 0 Å². The number of aromatic nitrogens is 3. The van der Waals surface area contributed by atoms with Crippen LogP contribution in [-0.2, 0) is 0 Å². The number of hydrogen-bond acceptors (Lipinski definition) is 6. The smallest absolute Gasteiger partial charge is 0.266 e. The van der Waals surface area contributed by atoms with E-state index in [4.69, 9.17) is 23.2 Å². The second-order valence-electron chi connectivity index (χ2n) is 8.41. The van der Waals surface area contributed by atoms with Gasteiger partial charge in [-0.3, -0.25) is 9.36 Å². The molecule has 1 saturated heterocycles. The number of fused-ring (bicyclic) bond motifs is 1. The molecule has 0 saturated carbocycles. The Balaban J connectivity index is 0.00000148. The summed E-state index contributed by atoms with van der Waals surface area (Å²) in [5.41, 5.74) is 2.82. The molecule has 1 N–H and O–H groups in total. The Morgan fingerprint density at radius 1 is 1.06 bits per heavy atom. The molecule has 3 aromatic rings. The molecule has 10 heteroatoms. The second-order valence-corrected chi connectivity index (χ2v) is 10.1. The third-order valence-corrected chi connectivity index (χ3v) is 7.39. The molecule has 0 atom stereocenters. The van der Waals surface area contributed by atoms with Crippen LogP contribution >= 0.6 is 39.1 Å². The molecule has 1 aromatic carbocycles. The average molecular weight is 592 g/mol. The van der Waals surface area contributed by atoms with E-state index in [0.717, 1.165) is 38.3 Å². The molecule has 2 aromatic heterocycles. The lowest BCUT2D eigenvalue weighted by atomic mass is 10.1. The van der Waals surface area contributed by atoms with Crippen LogP contribution in [0.5, 0.6) is 0 Å². The maximum Gasteiger partial charge on any atom is 0.266 e. The van der Waals surface area contributed by atoms with E-state index in [1.165, 1.54) is 16.5 Å². The zero-order chi connectivity index (χ0) is 25.8.